The van der Waals surface area contributed by atoms with Crippen molar-refractivity contribution in [2.45, 2.75) is 33.1 Å². The van der Waals surface area contributed by atoms with Gasteiger partial charge in [-0.1, -0.05) is 55.0 Å². The van der Waals surface area contributed by atoms with E-state index in [0.29, 0.717) is 30.2 Å². The first-order chi connectivity index (χ1) is 15.9. The zero-order chi connectivity index (χ0) is 23.1. The minimum atomic E-state index is -0.169. The number of nitrogens with zero attached hydrogens (tertiary/aromatic N) is 3. The summed E-state index contributed by atoms with van der Waals surface area (Å²) in [6, 6.07) is 16.2. The van der Waals surface area contributed by atoms with Gasteiger partial charge in [-0.15, -0.1) is 0 Å². The van der Waals surface area contributed by atoms with Crippen molar-refractivity contribution < 1.29 is 9.59 Å². The van der Waals surface area contributed by atoms with Crippen LogP contribution in [-0.2, 0) is 23.1 Å². The molecule has 5 heteroatoms. The lowest BCUT2D eigenvalue weighted by Gasteiger charge is -2.32. The van der Waals surface area contributed by atoms with Crippen molar-refractivity contribution in [1.29, 1.82) is 0 Å². The lowest BCUT2D eigenvalue weighted by molar-refractivity contribution is -0.137. The molecule has 1 saturated heterocycles. The van der Waals surface area contributed by atoms with Crippen LogP contribution in [0, 0.1) is 12.8 Å². The maximum Gasteiger partial charge on any atom is 0.277 e. The Kier molecular flexibility index (Phi) is 5.57. The lowest BCUT2D eigenvalue weighted by atomic mass is 9.97. The van der Waals surface area contributed by atoms with Gasteiger partial charge in [0.1, 0.15) is 5.70 Å². The summed E-state index contributed by atoms with van der Waals surface area (Å²) < 4.78 is 2.11. The monoisotopic (exact) mass is 441 g/mol. The van der Waals surface area contributed by atoms with Gasteiger partial charge in [0.05, 0.1) is 5.57 Å². The molecule has 2 aliphatic rings. The topological polar surface area (TPSA) is 45.6 Å². The highest BCUT2D eigenvalue weighted by atomic mass is 16.2. The molecule has 5 nitrogen and oxygen atoms in total. The number of aryl methyl sites for hydroxylation is 2. The van der Waals surface area contributed by atoms with E-state index in [9.17, 15) is 9.59 Å². The molecule has 0 radical (unpaired) electrons. The minimum absolute atomic E-state index is 0.148. The molecular weight excluding hydrogens is 410 g/mol. The smallest absolute Gasteiger partial charge is 0.277 e. The van der Waals surface area contributed by atoms with Crippen LogP contribution in [0.1, 0.15) is 36.5 Å². The summed E-state index contributed by atoms with van der Waals surface area (Å²) in [6.45, 7) is 6.31. The van der Waals surface area contributed by atoms with Gasteiger partial charge in [0.25, 0.3) is 11.8 Å². The van der Waals surface area contributed by atoms with Gasteiger partial charge in [0.15, 0.2) is 0 Å². The fraction of sp³-hybridized carbons (Fsp3) is 0.357. The quantitative estimate of drug-likeness (QED) is 0.546. The van der Waals surface area contributed by atoms with Crippen LogP contribution in [0.5, 0.6) is 0 Å². The van der Waals surface area contributed by atoms with E-state index in [4.69, 9.17) is 0 Å². The molecule has 3 aromatic rings. The second-order valence-corrected chi connectivity index (χ2v) is 9.55. The first-order valence-electron chi connectivity index (χ1n) is 11.9. The number of carbonyl (C=O) groups excluding carboxylic acids is 2. The average Bonchev–Trinajstić information content (AvgIpc) is 3.27. The molecule has 0 aliphatic carbocycles. The van der Waals surface area contributed by atoms with E-state index < -0.39 is 0 Å². The molecule has 170 valence electrons. The number of para-hydroxylation sites is 1. The highest BCUT2D eigenvalue weighted by molar-refractivity contribution is 6.35. The first kappa shape index (κ1) is 21.5. The van der Waals surface area contributed by atoms with E-state index >= 15 is 0 Å². The van der Waals surface area contributed by atoms with Gasteiger partial charge in [0.2, 0.25) is 0 Å². The van der Waals surface area contributed by atoms with Gasteiger partial charge in [-0.25, -0.2) is 0 Å². The van der Waals surface area contributed by atoms with Gasteiger partial charge in [-0.2, -0.15) is 0 Å². The van der Waals surface area contributed by atoms with Crippen molar-refractivity contribution in [3.63, 3.8) is 0 Å². The van der Waals surface area contributed by atoms with Crippen molar-refractivity contribution in [3.05, 3.63) is 77.1 Å². The number of likely N-dealkylation sites (tertiary alicyclic amines) is 1. The molecule has 3 heterocycles. The Bertz CT molecular complexity index is 1240. The second kappa shape index (κ2) is 8.54. The number of piperidine rings is 1. The van der Waals surface area contributed by atoms with E-state index in [1.165, 1.54) is 10.3 Å². The number of hydrogen-bond acceptors (Lipinski definition) is 3. The molecule has 0 bridgehead atoms. The summed E-state index contributed by atoms with van der Waals surface area (Å²) in [4.78, 5) is 30.9. The highest BCUT2D eigenvalue weighted by Crippen LogP contribution is 2.34. The fourth-order valence-electron chi connectivity index (χ4n) is 5.13. The van der Waals surface area contributed by atoms with Gasteiger partial charge in [-0.3, -0.25) is 14.5 Å². The van der Waals surface area contributed by atoms with Crippen LogP contribution >= 0.6 is 0 Å². The van der Waals surface area contributed by atoms with Gasteiger partial charge in [0, 0.05) is 43.8 Å². The van der Waals surface area contributed by atoms with Crippen molar-refractivity contribution in [2.24, 2.45) is 13.0 Å². The average molecular weight is 442 g/mol. The van der Waals surface area contributed by atoms with Crippen molar-refractivity contribution >= 4 is 28.3 Å². The zero-order valence-electron chi connectivity index (χ0n) is 19.7. The predicted octanol–water partition coefficient (Wildman–Crippen LogP) is 4.54. The molecule has 0 saturated carbocycles. The summed E-state index contributed by atoms with van der Waals surface area (Å²) >= 11 is 0. The largest absolute Gasteiger partial charge is 0.366 e. The number of fused-ring (bicyclic) bond motifs is 1. The highest BCUT2D eigenvalue weighted by Gasteiger charge is 2.41. The Morgan fingerprint density at radius 3 is 2.36 bits per heavy atom. The van der Waals surface area contributed by atoms with Crippen LogP contribution in [0.2, 0.25) is 0 Å². The van der Waals surface area contributed by atoms with E-state index in [-0.39, 0.29) is 11.8 Å². The van der Waals surface area contributed by atoms with Crippen LogP contribution < -0.4 is 0 Å². The molecule has 5 rings (SSSR count). The molecule has 2 aliphatic heterocycles. The maximum atomic E-state index is 13.6. The van der Waals surface area contributed by atoms with Gasteiger partial charge < -0.3 is 9.47 Å². The summed E-state index contributed by atoms with van der Waals surface area (Å²) in [5.41, 5.74) is 5.44. The van der Waals surface area contributed by atoms with Crippen molar-refractivity contribution in [1.82, 2.24) is 14.4 Å². The van der Waals surface area contributed by atoms with Crippen LogP contribution in [0.3, 0.4) is 0 Å². The molecule has 0 atom stereocenters. The molecule has 1 fully saturated rings. The number of imide groups is 1. The molecule has 2 amide bonds. The minimum Gasteiger partial charge on any atom is -0.366 e. The summed E-state index contributed by atoms with van der Waals surface area (Å²) in [6.07, 6.45) is 4.84. The predicted molar refractivity (Wildman–Crippen MR) is 131 cm³/mol. The van der Waals surface area contributed by atoms with Crippen LogP contribution in [0.15, 0.2) is 60.4 Å². The Morgan fingerprint density at radius 1 is 0.939 bits per heavy atom. The van der Waals surface area contributed by atoms with Crippen molar-refractivity contribution in [3.8, 4) is 0 Å². The van der Waals surface area contributed by atoms with E-state index in [2.05, 4.69) is 34.7 Å². The van der Waals surface area contributed by atoms with Crippen molar-refractivity contribution in [2.75, 3.05) is 19.6 Å². The fourth-order valence-corrected chi connectivity index (χ4v) is 5.13. The summed E-state index contributed by atoms with van der Waals surface area (Å²) in [5, 5.41) is 1.18. The molecule has 1 aromatic heterocycles. The lowest BCUT2D eigenvalue weighted by Crippen LogP contribution is -2.39. The zero-order valence-corrected chi connectivity index (χ0v) is 19.7. The number of benzene rings is 2. The Hall–Kier alpha value is -3.34. The molecule has 0 spiro atoms. The Labute approximate surface area is 195 Å². The maximum absolute atomic E-state index is 13.6. The van der Waals surface area contributed by atoms with Gasteiger partial charge >= 0.3 is 0 Å². The Balaban J connectivity index is 1.46. The van der Waals surface area contributed by atoms with E-state index in [1.807, 2.05) is 50.4 Å². The van der Waals surface area contributed by atoms with E-state index in [1.54, 1.807) is 0 Å². The number of amides is 2. The SMILES string of the molecule is Cc1ccc(C2=C(N3CCC(C)CC3)C(=O)N(CCc3cn(C)c4ccccc34)C2=O)cc1. The summed E-state index contributed by atoms with van der Waals surface area (Å²) in [5.74, 6) is 0.336. The standard InChI is InChI=1S/C28H31N3O2/c1-19-8-10-21(11-9-19)25-26(30-15-12-20(2)13-16-30)28(33)31(27(25)32)17-14-22-18-29(3)24-7-5-4-6-23(22)24/h4-11,18,20H,12-17H2,1-3H3. The molecular formula is C28H31N3O2. The van der Waals surface area contributed by atoms with Crippen LogP contribution in [-0.4, -0.2) is 45.8 Å². The number of hydrogen-bond donors (Lipinski definition) is 0. The first-order valence-corrected chi connectivity index (χ1v) is 11.9. The molecule has 33 heavy (non-hydrogen) atoms. The number of rotatable bonds is 5. The third kappa shape index (κ3) is 3.86. The molecule has 0 N–H and O–H groups in total. The summed E-state index contributed by atoms with van der Waals surface area (Å²) in [7, 11) is 2.03. The third-order valence-corrected chi connectivity index (χ3v) is 7.17. The van der Waals surface area contributed by atoms with Crippen LogP contribution in [0.4, 0.5) is 0 Å². The van der Waals surface area contributed by atoms with Gasteiger partial charge in [-0.05, 0) is 49.3 Å². The number of carbonyl (C=O) groups is 2. The molecule has 2 aromatic carbocycles. The van der Waals surface area contributed by atoms with Crippen LogP contribution in [0.25, 0.3) is 16.5 Å². The van der Waals surface area contributed by atoms with E-state index in [0.717, 1.165) is 48.1 Å². The molecule has 0 unspecified atom stereocenters. The Morgan fingerprint density at radius 2 is 1.64 bits per heavy atom. The number of aromatic nitrogens is 1. The second-order valence-electron chi connectivity index (χ2n) is 9.55. The normalized spacial score (nSPS) is 17.7. The third-order valence-electron chi connectivity index (χ3n) is 7.17.